The maximum atomic E-state index is 13.4. The molecule has 2 rings (SSSR count). The smallest absolute Gasteiger partial charge is 0.196 e. The third kappa shape index (κ3) is 2.99. The number of anilines is 1. The summed E-state index contributed by atoms with van der Waals surface area (Å²) in [4.78, 5) is 0. The van der Waals surface area contributed by atoms with Crippen molar-refractivity contribution >= 4 is 17.3 Å². The molecule has 2 aromatic carbocycles. The van der Waals surface area contributed by atoms with E-state index in [1.807, 2.05) is 0 Å². The molecule has 0 aliphatic carbocycles. The Kier molecular flexibility index (Phi) is 4.39. The van der Waals surface area contributed by atoms with Gasteiger partial charge in [0.25, 0.3) is 0 Å². The minimum absolute atomic E-state index is 0.115. The summed E-state index contributed by atoms with van der Waals surface area (Å²) in [5, 5.41) is 3.10. The standard InChI is InChI=1S/C14H11ClF3NO/c1-20-12-5-2-8(6-9(12)15)7-19-11-4-3-10(16)13(17)14(11)18/h2-6,19H,7H2,1H3. The number of hydrogen-bond donors (Lipinski definition) is 1. The van der Waals surface area contributed by atoms with Gasteiger partial charge >= 0.3 is 0 Å². The van der Waals surface area contributed by atoms with Crippen LogP contribution in [0.2, 0.25) is 5.02 Å². The van der Waals surface area contributed by atoms with E-state index in [1.165, 1.54) is 7.11 Å². The first-order valence-electron chi connectivity index (χ1n) is 5.72. The van der Waals surface area contributed by atoms with E-state index in [9.17, 15) is 13.2 Å². The lowest BCUT2D eigenvalue weighted by Crippen LogP contribution is -2.04. The molecule has 0 saturated heterocycles. The van der Waals surface area contributed by atoms with Gasteiger partial charge in [0.1, 0.15) is 5.75 Å². The van der Waals surface area contributed by atoms with Gasteiger partial charge < -0.3 is 10.1 Å². The van der Waals surface area contributed by atoms with Crippen molar-refractivity contribution in [2.24, 2.45) is 0 Å². The number of ether oxygens (including phenoxy) is 1. The fourth-order valence-corrected chi connectivity index (χ4v) is 1.96. The SMILES string of the molecule is COc1ccc(CNc2ccc(F)c(F)c2F)cc1Cl. The maximum Gasteiger partial charge on any atom is 0.196 e. The van der Waals surface area contributed by atoms with E-state index < -0.39 is 17.5 Å². The molecule has 106 valence electrons. The molecule has 0 aliphatic rings. The van der Waals surface area contributed by atoms with Crippen LogP contribution >= 0.6 is 11.6 Å². The predicted molar refractivity (Wildman–Crippen MR) is 71.6 cm³/mol. The summed E-state index contributed by atoms with van der Waals surface area (Å²) >= 11 is 5.95. The normalized spacial score (nSPS) is 10.4. The lowest BCUT2D eigenvalue weighted by Gasteiger charge is -2.10. The van der Waals surface area contributed by atoms with Crippen LogP contribution in [0.15, 0.2) is 30.3 Å². The fraction of sp³-hybridized carbons (Fsp3) is 0.143. The zero-order valence-corrected chi connectivity index (χ0v) is 11.3. The van der Waals surface area contributed by atoms with E-state index in [2.05, 4.69) is 5.32 Å². The summed E-state index contributed by atoms with van der Waals surface area (Å²) in [7, 11) is 1.50. The van der Waals surface area contributed by atoms with Gasteiger partial charge in [0.15, 0.2) is 17.5 Å². The predicted octanol–water partition coefficient (Wildman–Crippen LogP) is 4.38. The molecule has 2 nitrogen and oxygen atoms in total. The summed E-state index contributed by atoms with van der Waals surface area (Å²) in [5.41, 5.74) is 0.635. The van der Waals surface area contributed by atoms with Gasteiger partial charge in [0, 0.05) is 6.54 Å². The van der Waals surface area contributed by atoms with Gasteiger partial charge in [0.2, 0.25) is 0 Å². The Morgan fingerprint density at radius 1 is 1.10 bits per heavy atom. The summed E-state index contributed by atoms with van der Waals surface area (Å²) in [5.74, 6) is -3.44. The van der Waals surface area contributed by atoms with Crippen molar-refractivity contribution in [2.45, 2.75) is 6.54 Å². The summed E-state index contributed by atoms with van der Waals surface area (Å²) in [6, 6.07) is 7.04. The number of methoxy groups -OCH3 is 1. The van der Waals surface area contributed by atoms with Gasteiger partial charge in [-0.05, 0) is 29.8 Å². The Labute approximate surface area is 119 Å². The average Bonchev–Trinajstić information content (AvgIpc) is 2.44. The van der Waals surface area contributed by atoms with Crippen molar-refractivity contribution in [3.05, 3.63) is 58.4 Å². The van der Waals surface area contributed by atoms with Gasteiger partial charge in [-0.25, -0.2) is 13.2 Å². The second-order valence-corrected chi connectivity index (χ2v) is 4.45. The molecule has 0 radical (unpaired) electrons. The van der Waals surface area contributed by atoms with Gasteiger partial charge in [-0.2, -0.15) is 0 Å². The van der Waals surface area contributed by atoms with E-state index in [0.717, 1.165) is 17.7 Å². The lowest BCUT2D eigenvalue weighted by atomic mass is 10.2. The number of hydrogen-bond acceptors (Lipinski definition) is 2. The Morgan fingerprint density at radius 2 is 1.85 bits per heavy atom. The second kappa shape index (κ2) is 6.05. The van der Waals surface area contributed by atoms with Crippen LogP contribution in [0.4, 0.5) is 18.9 Å². The van der Waals surface area contributed by atoms with Crippen LogP contribution in [0, 0.1) is 17.5 Å². The van der Waals surface area contributed by atoms with Gasteiger partial charge in [-0.1, -0.05) is 17.7 Å². The van der Waals surface area contributed by atoms with Crippen molar-refractivity contribution in [1.29, 1.82) is 0 Å². The van der Waals surface area contributed by atoms with E-state index in [-0.39, 0.29) is 12.2 Å². The van der Waals surface area contributed by atoms with Crippen molar-refractivity contribution < 1.29 is 17.9 Å². The van der Waals surface area contributed by atoms with Crippen molar-refractivity contribution in [3.63, 3.8) is 0 Å². The van der Waals surface area contributed by atoms with Gasteiger partial charge in [0.05, 0.1) is 17.8 Å². The van der Waals surface area contributed by atoms with Crippen molar-refractivity contribution in [2.75, 3.05) is 12.4 Å². The highest BCUT2D eigenvalue weighted by atomic mass is 35.5. The molecule has 0 saturated carbocycles. The maximum absolute atomic E-state index is 13.4. The molecule has 0 spiro atoms. The van der Waals surface area contributed by atoms with Crippen LogP contribution in [0.3, 0.4) is 0 Å². The Morgan fingerprint density at radius 3 is 2.50 bits per heavy atom. The number of halogens is 4. The first-order chi connectivity index (χ1) is 9.52. The van der Waals surface area contributed by atoms with Crippen LogP contribution in [0.5, 0.6) is 5.75 Å². The third-order valence-corrected chi connectivity index (χ3v) is 3.03. The van der Waals surface area contributed by atoms with E-state index >= 15 is 0 Å². The van der Waals surface area contributed by atoms with Gasteiger partial charge in [-0.15, -0.1) is 0 Å². The van der Waals surface area contributed by atoms with Crippen LogP contribution in [0.25, 0.3) is 0 Å². The molecule has 0 bridgehead atoms. The Balaban J connectivity index is 2.13. The molecule has 6 heteroatoms. The molecule has 0 amide bonds. The molecule has 0 atom stereocenters. The molecular weight excluding hydrogens is 291 g/mol. The highest BCUT2D eigenvalue weighted by Gasteiger charge is 2.13. The van der Waals surface area contributed by atoms with Crippen molar-refractivity contribution in [1.82, 2.24) is 0 Å². The molecule has 1 N–H and O–H groups in total. The number of benzene rings is 2. The molecule has 0 unspecified atom stereocenters. The molecule has 2 aromatic rings. The fourth-order valence-electron chi connectivity index (χ4n) is 1.68. The Hall–Kier alpha value is -1.88. The lowest BCUT2D eigenvalue weighted by molar-refractivity contribution is 0.415. The Bertz CT molecular complexity index is 634. The van der Waals surface area contributed by atoms with Gasteiger partial charge in [-0.3, -0.25) is 0 Å². The summed E-state index contributed by atoms with van der Waals surface area (Å²) in [6.45, 7) is 0.214. The highest BCUT2D eigenvalue weighted by molar-refractivity contribution is 6.32. The van der Waals surface area contributed by atoms with E-state index in [1.54, 1.807) is 18.2 Å². The first-order valence-corrected chi connectivity index (χ1v) is 6.10. The molecule has 20 heavy (non-hydrogen) atoms. The largest absolute Gasteiger partial charge is 0.495 e. The molecule has 0 aliphatic heterocycles. The highest BCUT2D eigenvalue weighted by Crippen LogP contribution is 2.26. The quantitative estimate of drug-likeness (QED) is 0.846. The van der Waals surface area contributed by atoms with Crippen LogP contribution < -0.4 is 10.1 Å². The molecule has 0 heterocycles. The van der Waals surface area contributed by atoms with Crippen LogP contribution in [-0.4, -0.2) is 7.11 Å². The average molecular weight is 302 g/mol. The monoisotopic (exact) mass is 301 g/mol. The first kappa shape index (κ1) is 14.5. The number of rotatable bonds is 4. The topological polar surface area (TPSA) is 21.3 Å². The second-order valence-electron chi connectivity index (χ2n) is 4.05. The summed E-state index contributed by atoms with van der Waals surface area (Å²) in [6.07, 6.45) is 0. The van der Waals surface area contributed by atoms with Crippen molar-refractivity contribution in [3.8, 4) is 5.75 Å². The number of nitrogens with one attached hydrogen (secondary N) is 1. The molecule has 0 fully saturated rings. The zero-order valence-electron chi connectivity index (χ0n) is 10.5. The minimum atomic E-state index is -1.50. The molecular formula is C14H11ClF3NO. The van der Waals surface area contributed by atoms with E-state index in [4.69, 9.17) is 16.3 Å². The van der Waals surface area contributed by atoms with E-state index in [0.29, 0.717) is 10.8 Å². The molecule has 0 aromatic heterocycles. The summed E-state index contributed by atoms with van der Waals surface area (Å²) < 4.78 is 44.3. The van der Waals surface area contributed by atoms with Crippen LogP contribution in [0.1, 0.15) is 5.56 Å². The minimum Gasteiger partial charge on any atom is -0.495 e. The third-order valence-electron chi connectivity index (χ3n) is 2.73. The van der Waals surface area contributed by atoms with Crippen LogP contribution in [-0.2, 0) is 6.54 Å². The zero-order chi connectivity index (χ0) is 14.7.